The van der Waals surface area contributed by atoms with Crippen LogP contribution in [0.5, 0.6) is 0 Å². The summed E-state index contributed by atoms with van der Waals surface area (Å²) < 4.78 is 42.0. The van der Waals surface area contributed by atoms with E-state index in [4.69, 9.17) is 4.74 Å². The maximum atomic E-state index is 12.2. The molecule has 0 aromatic carbocycles. The molecule has 1 aliphatic rings. The highest BCUT2D eigenvalue weighted by Crippen LogP contribution is 2.31. The van der Waals surface area contributed by atoms with Crippen molar-refractivity contribution in [2.75, 3.05) is 13.7 Å². The van der Waals surface area contributed by atoms with Gasteiger partial charge < -0.3 is 10.1 Å². The normalized spacial score (nSPS) is 28.3. The highest BCUT2D eigenvalue weighted by molar-refractivity contribution is 4.85. The van der Waals surface area contributed by atoms with E-state index >= 15 is 0 Å². The number of rotatable bonds is 5. The van der Waals surface area contributed by atoms with Crippen molar-refractivity contribution in [2.45, 2.75) is 50.9 Å². The van der Waals surface area contributed by atoms with Gasteiger partial charge in [0, 0.05) is 25.0 Å². The van der Waals surface area contributed by atoms with Crippen molar-refractivity contribution in [3.63, 3.8) is 0 Å². The smallest absolute Gasteiger partial charge is 0.378 e. The summed E-state index contributed by atoms with van der Waals surface area (Å²) in [6.07, 6.45) is -2.78. The first-order chi connectivity index (χ1) is 7.48. The van der Waals surface area contributed by atoms with Gasteiger partial charge in [-0.05, 0) is 26.3 Å². The molecular formula is C11H20F3NO. The zero-order valence-corrected chi connectivity index (χ0v) is 9.81. The second-order valence-corrected chi connectivity index (χ2v) is 4.32. The molecule has 0 aromatic heterocycles. The molecule has 0 aliphatic carbocycles. The number of ether oxygens (including phenoxy) is 1. The van der Waals surface area contributed by atoms with Crippen LogP contribution in [0.2, 0.25) is 0 Å². The molecule has 1 fully saturated rings. The Morgan fingerprint density at radius 3 is 2.62 bits per heavy atom. The maximum absolute atomic E-state index is 12.2. The Hall–Kier alpha value is -0.290. The van der Waals surface area contributed by atoms with Gasteiger partial charge in [0.25, 0.3) is 0 Å². The molecule has 16 heavy (non-hydrogen) atoms. The second kappa shape index (κ2) is 5.87. The third-order valence-electron chi connectivity index (χ3n) is 3.29. The molecular weight excluding hydrogens is 219 g/mol. The molecule has 1 N–H and O–H groups in total. The molecule has 1 saturated heterocycles. The summed E-state index contributed by atoms with van der Waals surface area (Å²) >= 11 is 0. The van der Waals surface area contributed by atoms with Gasteiger partial charge >= 0.3 is 6.18 Å². The van der Waals surface area contributed by atoms with E-state index in [-0.39, 0.29) is 24.5 Å². The Morgan fingerprint density at radius 2 is 2.12 bits per heavy atom. The zero-order chi connectivity index (χ0) is 12.2. The Balaban J connectivity index is 2.47. The van der Waals surface area contributed by atoms with Crippen LogP contribution in [-0.2, 0) is 4.74 Å². The van der Waals surface area contributed by atoms with E-state index in [0.29, 0.717) is 6.61 Å². The predicted molar refractivity (Wildman–Crippen MR) is 56.3 cm³/mol. The van der Waals surface area contributed by atoms with Gasteiger partial charge in [-0.2, -0.15) is 13.2 Å². The SMILES string of the molecule is CCC1OCCC1C(CCC(F)(F)F)NC. The highest BCUT2D eigenvalue weighted by atomic mass is 19.4. The summed E-state index contributed by atoms with van der Waals surface area (Å²) in [6.45, 7) is 2.69. The molecule has 5 heteroatoms. The standard InChI is InChI=1S/C11H20F3NO/c1-3-10-8(5-7-16-10)9(15-2)4-6-11(12,13)14/h8-10,15H,3-7H2,1-2H3. The van der Waals surface area contributed by atoms with E-state index in [0.717, 1.165) is 12.8 Å². The van der Waals surface area contributed by atoms with Gasteiger partial charge in [0.2, 0.25) is 0 Å². The van der Waals surface area contributed by atoms with Gasteiger partial charge in [0.05, 0.1) is 6.10 Å². The number of hydrogen-bond acceptors (Lipinski definition) is 2. The molecule has 3 unspecified atom stereocenters. The van der Waals surface area contributed by atoms with Crippen LogP contribution < -0.4 is 5.32 Å². The van der Waals surface area contributed by atoms with Gasteiger partial charge in [0.1, 0.15) is 0 Å². The van der Waals surface area contributed by atoms with Crippen molar-refractivity contribution in [1.82, 2.24) is 5.32 Å². The molecule has 2 nitrogen and oxygen atoms in total. The lowest BCUT2D eigenvalue weighted by molar-refractivity contribution is -0.137. The van der Waals surface area contributed by atoms with Crippen LogP contribution in [0.25, 0.3) is 0 Å². The van der Waals surface area contributed by atoms with E-state index < -0.39 is 12.6 Å². The Morgan fingerprint density at radius 1 is 1.44 bits per heavy atom. The summed E-state index contributed by atoms with van der Waals surface area (Å²) in [5.41, 5.74) is 0. The third-order valence-corrected chi connectivity index (χ3v) is 3.29. The lowest BCUT2D eigenvalue weighted by Gasteiger charge is -2.27. The van der Waals surface area contributed by atoms with Crippen LogP contribution in [0, 0.1) is 5.92 Å². The van der Waals surface area contributed by atoms with Gasteiger partial charge in [0.15, 0.2) is 0 Å². The average Bonchev–Trinajstić information content (AvgIpc) is 2.65. The van der Waals surface area contributed by atoms with E-state index in [1.807, 2.05) is 6.92 Å². The summed E-state index contributed by atoms with van der Waals surface area (Å²) in [7, 11) is 1.73. The Kier molecular flexibility index (Phi) is 5.05. The Bertz CT molecular complexity index is 208. The van der Waals surface area contributed by atoms with Gasteiger partial charge in [-0.25, -0.2) is 0 Å². The third kappa shape index (κ3) is 3.94. The van der Waals surface area contributed by atoms with Crippen molar-refractivity contribution in [1.29, 1.82) is 0 Å². The van der Waals surface area contributed by atoms with Crippen LogP contribution >= 0.6 is 0 Å². The van der Waals surface area contributed by atoms with Crippen molar-refractivity contribution >= 4 is 0 Å². The largest absolute Gasteiger partial charge is 0.389 e. The van der Waals surface area contributed by atoms with E-state index in [9.17, 15) is 13.2 Å². The highest BCUT2D eigenvalue weighted by Gasteiger charge is 2.35. The molecule has 1 aliphatic heterocycles. The fraction of sp³-hybridized carbons (Fsp3) is 1.00. The van der Waals surface area contributed by atoms with Crippen molar-refractivity contribution < 1.29 is 17.9 Å². The van der Waals surface area contributed by atoms with Crippen molar-refractivity contribution in [3.8, 4) is 0 Å². The molecule has 0 radical (unpaired) electrons. The predicted octanol–water partition coefficient (Wildman–Crippen LogP) is 2.73. The first-order valence-electron chi connectivity index (χ1n) is 5.83. The van der Waals surface area contributed by atoms with Crippen molar-refractivity contribution in [3.05, 3.63) is 0 Å². The van der Waals surface area contributed by atoms with Crippen LogP contribution in [0.3, 0.4) is 0 Å². The summed E-state index contributed by atoms with van der Waals surface area (Å²) in [5, 5.41) is 3.00. The molecule has 1 rings (SSSR count). The molecule has 3 atom stereocenters. The second-order valence-electron chi connectivity index (χ2n) is 4.32. The molecule has 0 saturated carbocycles. The van der Waals surface area contributed by atoms with E-state index in [1.54, 1.807) is 7.05 Å². The number of halogens is 3. The number of hydrogen-bond donors (Lipinski definition) is 1. The quantitative estimate of drug-likeness (QED) is 0.796. The maximum Gasteiger partial charge on any atom is 0.389 e. The molecule has 0 amide bonds. The lowest BCUT2D eigenvalue weighted by Crippen LogP contribution is -2.38. The average molecular weight is 239 g/mol. The van der Waals surface area contributed by atoms with Gasteiger partial charge in [-0.3, -0.25) is 0 Å². The van der Waals surface area contributed by atoms with Gasteiger partial charge in [-0.15, -0.1) is 0 Å². The van der Waals surface area contributed by atoms with Gasteiger partial charge in [-0.1, -0.05) is 6.92 Å². The zero-order valence-electron chi connectivity index (χ0n) is 9.81. The van der Waals surface area contributed by atoms with Crippen LogP contribution in [0.15, 0.2) is 0 Å². The van der Waals surface area contributed by atoms with Crippen LogP contribution in [-0.4, -0.2) is 32.0 Å². The summed E-state index contributed by atoms with van der Waals surface area (Å²) in [5.74, 6) is 0.220. The molecule has 96 valence electrons. The van der Waals surface area contributed by atoms with Crippen LogP contribution in [0.1, 0.15) is 32.6 Å². The minimum atomic E-state index is -4.06. The summed E-state index contributed by atoms with van der Waals surface area (Å²) in [4.78, 5) is 0. The molecule has 0 spiro atoms. The minimum absolute atomic E-state index is 0.0888. The van der Waals surface area contributed by atoms with Crippen molar-refractivity contribution in [2.24, 2.45) is 5.92 Å². The Labute approximate surface area is 94.5 Å². The molecule has 0 aromatic rings. The summed E-state index contributed by atoms with van der Waals surface area (Å²) in [6, 6.07) is -0.0888. The van der Waals surface area contributed by atoms with Crippen LogP contribution in [0.4, 0.5) is 13.2 Å². The first-order valence-corrected chi connectivity index (χ1v) is 5.83. The van der Waals surface area contributed by atoms with E-state index in [2.05, 4.69) is 5.32 Å². The number of alkyl halides is 3. The monoisotopic (exact) mass is 239 g/mol. The minimum Gasteiger partial charge on any atom is -0.378 e. The topological polar surface area (TPSA) is 21.3 Å². The van der Waals surface area contributed by atoms with E-state index in [1.165, 1.54) is 0 Å². The number of nitrogens with one attached hydrogen (secondary N) is 1. The molecule has 0 bridgehead atoms. The fourth-order valence-corrected chi connectivity index (χ4v) is 2.44. The lowest BCUT2D eigenvalue weighted by atomic mass is 9.88. The molecule has 1 heterocycles. The fourth-order valence-electron chi connectivity index (χ4n) is 2.44. The first kappa shape index (κ1) is 13.8.